The third-order valence-electron chi connectivity index (χ3n) is 12.6. The number of ketones is 1. The molecular weight excluding hydrogens is 817 g/mol. The molecule has 6 atom stereocenters. The number of carbonyl (C=O) groups is 5. The molecule has 13 heteroatoms. The fourth-order valence-corrected chi connectivity index (χ4v) is 10.4. The van der Waals surface area contributed by atoms with Gasteiger partial charge in [0, 0.05) is 22.1 Å². The molecule has 308 valence electrons. The lowest BCUT2D eigenvalue weighted by molar-refractivity contribution is -0.138. The van der Waals surface area contributed by atoms with Gasteiger partial charge in [-0.2, -0.15) is 5.01 Å². The minimum atomic E-state index is -1.60. The number of phenols is 1. The summed E-state index contributed by atoms with van der Waals surface area (Å²) in [5, 5.41) is 12.4. The lowest BCUT2D eigenvalue weighted by Crippen LogP contribution is -2.53. The number of amides is 4. The summed E-state index contributed by atoms with van der Waals surface area (Å²) in [6.07, 6.45) is 2.20. The van der Waals surface area contributed by atoms with Crippen molar-refractivity contribution in [3.05, 3.63) is 159 Å². The number of imide groups is 2. The predicted molar refractivity (Wildman–Crippen MR) is 229 cm³/mol. The molecule has 2 aliphatic heterocycles. The van der Waals surface area contributed by atoms with Crippen LogP contribution in [0.5, 0.6) is 17.2 Å². The van der Waals surface area contributed by atoms with E-state index in [0.29, 0.717) is 38.7 Å². The van der Waals surface area contributed by atoms with Gasteiger partial charge in [-0.05, 0) is 104 Å². The number of anilines is 2. The van der Waals surface area contributed by atoms with E-state index in [4.69, 9.17) is 32.7 Å². The summed E-state index contributed by atoms with van der Waals surface area (Å²) in [6.45, 7) is 2.03. The Morgan fingerprint density at radius 3 is 2.25 bits per heavy atom. The molecule has 0 bridgehead atoms. The Balaban J connectivity index is 1.18. The van der Waals surface area contributed by atoms with E-state index in [1.54, 1.807) is 104 Å². The summed E-state index contributed by atoms with van der Waals surface area (Å²) in [5.41, 5.74) is 4.74. The predicted octanol–water partition coefficient (Wildman–Crippen LogP) is 8.53. The molecule has 2 aliphatic carbocycles. The first-order chi connectivity index (χ1) is 29.5. The number of methoxy groups -OCH3 is 1. The summed E-state index contributed by atoms with van der Waals surface area (Å²) in [6, 6.07) is 31.8. The van der Waals surface area contributed by atoms with E-state index in [-0.39, 0.29) is 53.3 Å². The van der Waals surface area contributed by atoms with Crippen LogP contribution in [0.1, 0.15) is 52.7 Å². The Morgan fingerprint density at radius 1 is 0.836 bits per heavy atom. The molecule has 0 radical (unpaired) electrons. The lowest BCUT2D eigenvalue weighted by atomic mass is 9.49. The van der Waals surface area contributed by atoms with Gasteiger partial charge < -0.3 is 14.6 Å². The summed E-state index contributed by atoms with van der Waals surface area (Å²) < 4.78 is 11.4. The average molecular weight is 857 g/mol. The Morgan fingerprint density at radius 2 is 1.56 bits per heavy atom. The van der Waals surface area contributed by atoms with Crippen molar-refractivity contribution in [1.29, 1.82) is 0 Å². The first-order valence-electron chi connectivity index (χ1n) is 20.0. The van der Waals surface area contributed by atoms with Crippen LogP contribution in [0, 0.1) is 23.7 Å². The fraction of sp³-hybridized carbons (Fsp3) is 0.229. The monoisotopic (exact) mass is 855 g/mol. The van der Waals surface area contributed by atoms with Crippen molar-refractivity contribution in [2.45, 2.75) is 31.1 Å². The van der Waals surface area contributed by atoms with Crippen LogP contribution < -0.4 is 19.8 Å². The molecule has 4 aliphatic rings. The molecule has 2 saturated heterocycles. The number of allylic oxidation sites excluding steroid dienone is 2. The van der Waals surface area contributed by atoms with Gasteiger partial charge in [0.1, 0.15) is 5.75 Å². The van der Waals surface area contributed by atoms with E-state index in [9.17, 15) is 19.5 Å². The number of halogens is 2. The van der Waals surface area contributed by atoms with Crippen LogP contribution in [-0.4, -0.2) is 53.2 Å². The fourth-order valence-electron chi connectivity index (χ4n) is 9.97. The molecule has 5 aromatic carbocycles. The highest BCUT2D eigenvalue weighted by Gasteiger charge is 2.70. The molecule has 61 heavy (non-hydrogen) atoms. The van der Waals surface area contributed by atoms with Crippen LogP contribution in [-0.2, 0) is 24.6 Å². The zero-order valence-corrected chi connectivity index (χ0v) is 34.5. The third-order valence-corrected chi connectivity index (χ3v) is 13.2. The molecule has 3 fully saturated rings. The second-order valence-electron chi connectivity index (χ2n) is 15.6. The van der Waals surface area contributed by atoms with Crippen LogP contribution in [0.2, 0.25) is 10.0 Å². The number of phenolic OH excluding ortho intramolecular Hbond substituents is 1. The Hall–Kier alpha value is -6.43. The molecular formula is C48H39Cl2N3O8. The van der Waals surface area contributed by atoms with Crippen molar-refractivity contribution in [3.8, 4) is 17.2 Å². The number of hydrogen-bond donors (Lipinski definition) is 2. The number of rotatable bonds is 10. The van der Waals surface area contributed by atoms with E-state index < -0.39 is 52.7 Å². The molecule has 0 aromatic heterocycles. The molecule has 0 unspecified atom stereocenters. The van der Waals surface area contributed by atoms with Gasteiger partial charge in [-0.25, -0.2) is 0 Å². The average Bonchev–Trinajstić information content (AvgIpc) is 3.66. The third kappa shape index (κ3) is 6.37. The molecule has 1 saturated carbocycles. The van der Waals surface area contributed by atoms with E-state index in [1.807, 2.05) is 12.1 Å². The molecule has 11 nitrogen and oxygen atoms in total. The highest BCUT2D eigenvalue weighted by molar-refractivity contribution is 6.36. The van der Waals surface area contributed by atoms with Crippen LogP contribution in [0.25, 0.3) is 0 Å². The van der Waals surface area contributed by atoms with Gasteiger partial charge in [-0.15, -0.1) is 0 Å². The van der Waals surface area contributed by atoms with Crippen molar-refractivity contribution in [2.75, 3.05) is 24.0 Å². The number of hydrazine groups is 1. The first kappa shape index (κ1) is 40.0. The van der Waals surface area contributed by atoms with Crippen molar-refractivity contribution in [1.82, 2.24) is 5.01 Å². The highest BCUT2D eigenvalue weighted by Crippen LogP contribution is 2.64. The van der Waals surface area contributed by atoms with Gasteiger partial charge >= 0.3 is 0 Å². The zero-order chi connectivity index (χ0) is 42.7. The smallest absolute Gasteiger partial charge is 0.260 e. The van der Waals surface area contributed by atoms with Crippen molar-refractivity contribution >= 4 is 64.0 Å². The van der Waals surface area contributed by atoms with Crippen molar-refractivity contribution in [2.24, 2.45) is 23.7 Å². The van der Waals surface area contributed by atoms with Crippen LogP contribution in [0.4, 0.5) is 11.4 Å². The summed E-state index contributed by atoms with van der Waals surface area (Å²) in [5.74, 6) is -5.68. The number of aromatic hydroxyl groups is 1. The molecule has 9 rings (SSSR count). The van der Waals surface area contributed by atoms with Crippen LogP contribution in [0.15, 0.2) is 127 Å². The maximum absolute atomic E-state index is 15.6. The molecule has 0 spiro atoms. The van der Waals surface area contributed by atoms with Gasteiger partial charge in [0.05, 0.1) is 53.3 Å². The SMILES string of the molecule is CCOc1cc([C@H]2C3=CC[C@@H]4C(=O)N(c5ccc(C(=O)c6ccccc6)cc5)C(=O)[C@@H]4[C@@H]3C[C@H]3C(=O)N(Nc4ccc(Cl)cc4Cl)C(=O)[C@@]23c2ccc(OC)cc2)ccc1O. The van der Waals surface area contributed by atoms with Gasteiger partial charge in [-0.1, -0.05) is 83.4 Å². The maximum atomic E-state index is 15.6. The summed E-state index contributed by atoms with van der Waals surface area (Å²) in [4.78, 5) is 74.3. The van der Waals surface area contributed by atoms with E-state index in [1.165, 1.54) is 24.1 Å². The van der Waals surface area contributed by atoms with Crippen molar-refractivity contribution in [3.63, 3.8) is 0 Å². The highest BCUT2D eigenvalue weighted by atomic mass is 35.5. The topological polar surface area (TPSA) is 143 Å². The molecule has 4 amide bonds. The van der Waals surface area contributed by atoms with Gasteiger partial charge in [0.2, 0.25) is 11.8 Å². The molecule has 5 aromatic rings. The van der Waals surface area contributed by atoms with E-state index in [0.717, 1.165) is 10.6 Å². The Kier molecular flexibility index (Phi) is 10.2. The number of fused-ring (bicyclic) bond motifs is 4. The standard InChI is InChI=1S/C48H39Cl2N3O8/c1-3-61-40-23-28(11-22-39(40)54)42-33-19-20-34-41(46(58)52(44(34)56)31-15-9-27(10-16-31)43(55)26-7-5-4-6-8-26)35(33)25-36-45(57)53(51-38-21-14-30(49)24-37(38)50)47(59)48(36,42)29-12-17-32(60-2)18-13-29/h4-19,21-24,34-36,41-42,51,54H,3,20,25H2,1-2H3/t34-,35+,36-,41-,42-,48+/m0/s1. The van der Waals surface area contributed by atoms with Crippen molar-refractivity contribution < 1.29 is 38.6 Å². The Labute approximate surface area is 361 Å². The Bertz CT molecular complexity index is 2650. The van der Waals surface area contributed by atoms with Crippen LogP contribution in [0.3, 0.4) is 0 Å². The number of ether oxygens (including phenoxy) is 2. The van der Waals surface area contributed by atoms with E-state index >= 15 is 9.59 Å². The van der Waals surface area contributed by atoms with Gasteiger partial charge in [-0.3, -0.25) is 34.3 Å². The largest absolute Gasteiger partial charge is 0.504 e. The summed E-state index contributed by atoms with van der Waals surface area (Å²) in [7, 11) is 1.53. The first-order valence-corrected chi connectivity index (χ1v) is 20.7. The number of benzene rings is 5. The van der Waals surface area contributed by atoms with Crippen LogP contribution >= 0.6 is 23.2 Å². The van der Waals surface area contributed by atoms with Gasteiger partial charge in [0.25, 0.3) is 11.8 Å². The quantitative estimate of drug-likeness (QED) is 0.0803. The number of carbonyl (C=O) groups excluding carboxylic acids is 5. The van der Waals surface area contributed by atoms with E-state index in [2.05, 4.69) is 5.43 Å². The number of hydrogen-bond acceptors (Lipinski definition) is 9. The number of nitrogens with one attached hydrogen (secondary N) is 1. The maximum Gasteiger partial charge on any atom is 0.260 e. The zero-order valence-electron chi connectivity index (χ0n) is 33.0. The number of nitrogens with zero attached hydrogens (tertiary/aromatic N) is 2. The lowest BCUT2D eigenvalue weighted by Gasteiger charge is -2.50. The minimum absolute atomic E-state index is 0.0560. The van der Waals surface area contributed by atoms with Gasteiger partial charge in [0.15, 0.2) is 17.3 Å². The summed E-state index contributed by atoms with van der Waals surface area (Å²) >= 11 is 12.8. The molecule has 2 heterocycles. The second kappa shape index (κ2) is 15.6. The normalized spacial score (nSPS) is 24.2. The second-order valence-corrected chi connectivity index (χ2v) is 16.5. The molecule has 2 N–H and O–H groups in total. The minimum Gasteiger partial charge on any atom is -0.504 e.